The van der Waals surface area contributed by atoms with Crippen molar-refractivity contribution in [2.75, 3.05) is 7.11 Å². The smallest absolute Gasteiger partial charge is 0.213 e. The minimum atomic E-state index is 0.630. The van der Waals surface area contributed by atoms with E-state index in [9.17, 15) is 0 Å². The van der Waals surface area contributed by atoms with Gasteiger partial charge in [0.05, 0.1) is 24.5 Å². The Labute approximate surface area is 99.3 Å². The van der Waals surface area contributed by atoms with Gasteiger partial charge in [0.1, 0.15) is 0 Å². The molecule has 0 aliphatic rings. The van der Waals surface area contributed by atoms with E-state index in [0.717, 1.165) is 5.69 Å². The Bertz CT molecular complexity index is 641. The maximum Gasteiger partial charge on any atom is 0.213 e. The molecule has 84 valence electrons. The largest absolute Gasteiger partial charge is 0.481 e. The second-order valence-corrected chi connectivity index (χ2v) is 3.80. The molecular formula is C14H12N2O. The lowest BCUT2D eigenvalue weighted by atomic mass is 10.2. The maximum absolute atomic E-state index is 5.05. The zero-order valence-electron chi connectivity index (χ0n) is 9.50. The van der Waals surface area contributed by atoms with E-state index in [1.165, 1.54) is 10.9 Å². The molecule has 3 nitrogen and oxygen atoms in total. The van der Waals surface area contributed by atoms with Crippen LogP contribution >= 0.6 is 0 Å². The van der Waals surface area contributed by atoms with Crippen LogP contribution < -0.4 is 4.74 Å². The second-order valence-electron chi connectivity index (χ2n) is 3.80. The molecular weight excluding hydrogens is 212 g/mol. The van der Waals surface area contributed by atoms with Gasteiger partial charge in [0.25, 0.3) is 0 Å². The average Bonchev–Trinajstić information content (AvgIpc) is 2.83. The fraction of sp³-hybridized carbons (Fsp3) is 0.0714. The fourth-order valence-electron chi connectivity index (χ4n) is 1.94. The first-order valence-corrected chi connectivity index (χ1v) is 5.45. The summed E-state index contributed by atoms with van der Waals surface area (Å²) >= 11 is 0. The summed E-state index contributed by atoms with van der Waals surface area (Å²) in [6.07, 6.45) is 3.86. The van der Waals surface area contributed by atoms with Crippen molar-refractivity contribution in [3.63, 3.8) is 0 Å². The third kappa shape index (κ3) is 1.65. The van der Waals surface area contributed by atoms with Gasteiger partial charge in [-0.1, -0.05) is 18.2 Å². The Hall–Kier alpha value is -2.29. The van der Waals surface area contributed by atoms with Crippen molar-refractivity contribution < 1.29 is 4.74 Å². The van der Waals surface area contributed by atoms with Crippen molar-refractivity contribution in [1.82, 2.24) is 9.55 Å². The molecule has 3 heteroatoms. The first kappa shape index (κ1) is 9.90. The third-order valence-corrected chi connectivity index (χ3v) is 2.81. The lowest BCUT2D eigenvalue weighted by Crippen LogP contribution is -1.94. The van der Waals surface area contributed by atoms with Crippen LogP contribution in [0.4, 0.5) is 0 Å². The molecule has 0 bridgehead atoms. The Morgan fingerprint density at radius 2 is 1.94 bits per heavy atom. The summed E-state index contributed by atoms with van der Waals surface area (Å²) < 4.78 is 7.17. The Morgan fingerprint density at radius 1 is 1.06 bits per heavy atom. The highest BCUT2D eigenvalue weighted by atomic mass is 16.5. The third-order valence-electron chi connectivity index (χ3n) is 2.81. The van der Waals surface area contributed by atoms with Crippen LogP contribution in [0.1, 0.15) is 0 Å². The molecule has 0 atom stereocenters. The molecule has 0 N–H and O–H groups in total. The number of hydrogen-bond acceptors (Lipinski definition) is 2. The van der Waals surface area contributed by atoms with Gasteiger partial charge >= 0.3 is 0 Å². The molecule has 0 aliphatic carbocycles. The number of aromatic nitrogens is 2. The minimum absolute atomic E-state index is 0.630. The fourth-order valence-corrected chi connectivity index (χ4v) is 1.94. The first-order chi connectivity index (χ1) is 8.38. The average molecular weight is 224 g/mol. The molecule has 2 heterocycles. The molecule has 0 radical (unpaired) electrons. The van der Waals surface area contributed by atoms with Crippen LogP contribution in [0.15, 0.2) is 54.9 Å². The number of fused-ring (bicyclic) bond motifs is 1. The molecule has 3 aromatic rings. The molecule has 0 aliphatic heterocycles. The Morgan fingerprint density at radius 3 is 2.71 bits per heavy atom. The Kier molecular flexibility index (Phi) is 2.29. The van der Waals surface area contributed by atoms with Crippen LogP contribution in [0.3, 0.4) is 0 Å². The van der Waals surface area contributed by atoms with Crippen LogP contribution in [0, 0.1) is 0 Å². The van der Waals surface area contributed by atoms with E-state index >= 15 is 0 Å². The predicted molar refractivity (Wildman–Crippen MR) is 67.6 cm³/mol. The normalized spacial score (nSPS) is 10.6. The summed E-state index contributed by atoms with van der Waals surface area (Å²) in [6, 6.07) is 14.2. The van der Waals surface area contributed by atoms with Crippen LogP contribution in [-0.4, -0.2) is 16.7 Å². The van der Waals surface area contributed by atoms with Gasteiger partial charge in [0, 0.05) is 12.3 Å². The molecule has 0 saturated heterocycles. The molecule has 17 heavy (non-hydrogen) atoms. The van der Waals surface area contributed by atoms with Crippen LogP contribution in [0.25, 0.3) is 16.6 Å². The number of rotatable bonds is 2. The number of methoxy groups -OCH3 is 1. The number of para-hydroxylation sites is 1. The summed E-state index contributed by atoms with van der Waals surface area (Å²) in [7, 11) is 1.62. The maximum atomic E-state index is 5.05. The predicted octanol–water partition coefficient (Wildman–Crippen LogP) is 3.03. The monoisotopic (exact) mass is 224 g/mol. The van der Waals surface area contributed by atoms with E-state index in [4.69, 9.17) is 4.74 Å². The van der Waals surface area contributed by atoms with Gasteiger partial charge in [-0.15, -0.1) is 0 Å². The molecule has 1 aromatic carbocycles. The van der Waals surface area contributed by atoms with E-state index < -0.39 is 0 Å². The molecule has 0 saturated carbocycles. The topological polar surface area (TPSA) is 27.1 Å². The van der Waals surface area contributed by atoms with E-state index in [1.54, 1.807) is 7.11 Å². The summed E-state index contributed by atoms with van der Waals surface area (Å²) in [5, 5.41) is 1.23. The zero-order valence-corrected chi connectivity index (χ0v) is 9.50. The zero-order chi connectivity index (χ0) is 11.7. The van der Waals surface area contributed by atoms with Crippen molar-refractivity contribution in [2.24, 2.45) is 0 Å². The van der Waals surface area contributed by atoms with E-state index in [1.807, 2.05) is 36.7 Å². The van der Waals surface area contributed by atoms with Gasteiger partial charge in [0.15, 0.2) is 0 Å². The molecule has 2 aromatic heterocycles. The molecule has 0 spiro atoms. The summed E-state index contributed by atoms with van der Waals surface area (Å²) in [5.74, 6) is 0.630. The van der Waals surface area contributed by atoms with Crippen molar-refractivity contribution in [2.45, 2.75) is 0 Å². The van der Waals surface area contributed by atoms with Gasteiger partial charge < -0.3 is 9.30 Å². The minimum Gasteiger partial charge on any atom is -0.481 e. The Balaban J connectivity index is 2.13. The quantitative estimate of drug-likeness (QED) is 0.669. The van der Waals surface area contributed by atoms with E-state index in [2.05, 4.69) is 27.8 Å². The second kappa shape index (κ2) is 3.94. The summed E-state index contributed by atoms with van der Waals surface area (Å²) in [4.78, 5) is 4.22. The number of ether oxygens (including phenoxy) is 1. The molecule has 0 amide bonds. The number of pyridine rings is 1. The molecule has 0 fully saturated rings. The van der Waals surface area contributed by atoms with Crippen molar-refractivity contribution >= 4 is 10.9 Å². The van der Waals surface area contributed by atoms with Crippen molar-refractivity contribution in [3.05, 3.63) is 54.9 Å². The lowest BCUT2D eigenvalue weighted by molar-refractivity contribution is 0.398. The first-order valence-electron chi connectivity index (χ1n) is 5.45. The highest BCUT2D eigenvalue weighted by Crippen LogP contribution is 2.20. The highest BCUT2D eigenvalue weighted by Gasteiger charge is 2.02. The van der Waals surface area contributed by atoms with Crippen molar-refractivity contribution in [3.8, 4) is 11.6 Å². The number of hydrogen-bond donors (Lipinski definition) is 0. The van der Waals surface area contributed by atoms with E-state index in [0.29, 0.717) is 5.88 Å². The van der Waals surface area contributed by atoms with Gasteiger partial charge in [0.2, 0.25) is 5.88 Å². The SMILES string of the molecule is COc1ccc(-n2ccc3ccccc32)cn1. The number of nitrogens with zero attached hydrogens (tertiary/aromatic N) is 2. The van der Waals surface area contributed by atoms with Gasteiger partial charge in [-0.2, -0.15) is 0 Å². The van der Waals surface area contributed by atoms with Crippen LogP contribution in [0.5, 0.6) is 5.88 Å². The standard InChI is InChI=1S/C14H12N2O/c1-17-14-7-6-12(10-15-14)16-9-8-11-4-2-3-5-13(11)16/h2-10H,1H3. The van der Waals surface area contributed by atoms with Gasteiger partial charge in [-0.25, -0.2) is 4.98 Å². The van der Waals surface area contributed by atoms with Crippen LogP contribution in [0.2, 0.25) is 0 Å². The van der Waals surface area contributed by atoms with Crippen molar-refractivity contribution in [1.29, 1.82) is 0 Å². The van der Waals surface area contributed by atoms with Crippen LogP contribution in [-0.2, 0) is 0 Å². The summed E-state index contributed by atoms with van der Waals surface area (Å²) in [5.41, 5.74) is 2.21. The molecule has 0 unspecified atom stereocenters. The summed E-state index contributed by atoms with van der Waals surface area (Å²) in [6.45, 7) is 0. The van der Waals surface area contributed by atoms with E-state index in [-0.39, 0.29) is 0 Å². The lowest BCUT2D eigenvalue weighted by Gasteiger charge is -2.05. The molecule has 3 rings (SSSR count). The highest BCUT2D eigenvalue weighted by molar-refractivity contribution is 5.81. The number of benzene rings is 1. The van der Waals surface area contributed by atoms with Gasteiger partial charge in [-0.3, -0.25) is 0 Å². The van der Waals surface area contributed by atoms with Gasteiger partial charge in [-0.05, 0) is 23.6 Å².